The van der Waals surface area contributed by atoms with E-state index in [0.717, 1.165) is 25.5 Å². The van der Waals surface area contributed by atoms with E-state index in [1.54, 1.807) is 17.0 Å². The average molecular weight is 562 g/mol. The van der Waals surface area contributed by atoms with Crippen LogP contribution >= 0.6 is 0 Å². The van der Waals surface area contributed by atoms with Gasteiger partial charge in [0, 0.05) is 24.2 Å². The maximum Gasteiger partial charge on any atom is 0.239 e. The maximum atomic E-state index is 13.9. The Balaban J connectivity index is 1.54. The third-order valence-corrected chi connectivity index (χ3v) is 9.64. The highest BCUT2D eigenvalue weighted by molar-refractivity contribution is 7.92. The van der Waals surface area contributed by atoms with Gasteiger partial charge in [-0.3, -0.25) is 19.3 Å². The fourth-order valence-corrected chi connectivity index (χ4v) is 7.76. The number of amides is 1. The number of piperidine rings is 1. The number of Topliss-reactive ketones (excluding diaryl/α,β-unsaturated/α-hetero) is 1. The van der Waals surface area contributed by atoms with E-state index < -0.39 is 49.2 Å². The monoisotopic (exact) mass is 561 g/mol. The van der Waals surface area contributed by atoms with Crippen LogP contribution in [0.15, 0.2) is 52.4 Å². The standard InChI is InChI=1S/C26H28FN3O6S2/c1-37(33,34)29-18-11-12-20-23(13-18)38(35,36)15-21(28-20)24-25(31)19-5-3-2-4-6-22(19)30(26(24)32)14-16-7-9-17(27)10-8-16/h7-13,19,22,24,29H,2-6,14-15H2,1H3. The summed E-state index contributed by atoms with van der Waals surface area (Å²) in [5, 5.41) is 0. The van der Waals surface area contributed by atoms with Gasteiger partial charge in [0.05, 0.1) is 28.3 Å². The van der Waals surface area contributed by atoms with Gasteiger partial charge >= 0.3 is 0 Å². The van der Waals surface area contributed by atoms with Gasteiger partial charge in [-0.05, 0) is 48.7 Å². The Morgan fingerprint density at radius 3 is 2.47 bits per heavy atom. The van der Waals surface area contributed by atoms with Gasteiger partial charge in [0.1, 0.15) is 11.7 Å². The number of rotatable bonds is 5. The summed E-state index contributed by atoms with van der Waals surface area (Å²) in [5.41, 5.74) is 0.817. The second-order valence-corrected chi connectivity index (χ2v) is 13.9. The summed E-state index contributed by atoms with van der Waals surface area (Å²) in [6, 6.07) is 9.46. The first kappa shape index (κ1) is 26.5. The molecule has 1 saturated carbocycles. The minimum absolute atomic E-state index is 0.0249. The number of hydrogen-bond acceptors (Lipinski definition) is 7. The van der Waals surface area contributed by atoms with E-state index in [9.17, 15) is 30.8 Å². The lowest BCUT2D eigenvalue weighted by Crippen LogP contribution is -2.59. The third-order valence-electron chi connectivity index (χ3n) is 7.36. The molecule has 2 aliphatic heterocycles. The summed E-state index contributed by atoms with van der Waals surface area (Å²) in [7, 11) is -7.64. The number of nitrogens with zero attached hydrogens (tertiary/aromatic N) is 2. The van der Waals surface area contributed by atoms with Gasteiger partial charge in [0.2, 0.25) is 15.9 Å². The third kappa shape index (κ3) is 5.24. The number of halogens is 1. The number of sulfone groups is 1. The van der Waals surface area contributed by atoms with Crippen LogP contribution in [0.1, 0.15) is 37.7 Å². The number of nitrogens with one attached hydrogen (secondary N) is 1. The zero-order valence-electron chi connectivity index (χ0n) is 20.8. The molecule has 3 unspecified atom stereocenters. The maximum absolute atomic E-state index is 13.9. The van der Waals surface area contributed by atoms with Crippen LogP contribution in [0.3, 0.4) is 0 Å². The number of fused-ring (bicyclic) bond motifs is 2. The van der Waals surface area contributed by atoms with Crippen LogP contribution in [0.25, 0.3) is 0 Å². The molecular formula is C26H28FN3O6S2. The van der Waals surface area contributed by atoms with E-state index in [4.69, 9.17) is 0 Å². The largest absolute Gasteiger partial charge is 0.334 e. The lowest BCUT2D eigenvalue weighted by Gasteiger charge is -2.43. The molecule has 38 heavy (non-hydrogen) atoms. The molecule has 0 bridgehead atoms. The number of ketones is 1. The number of aliphatic imine (C=N–C) groups is 1. The number of anilines is 1. The first-order valence-electron chi connectivity index (χ1n) is 12.4. The highest BCUT2D eigenvalue weighted by Crippen LogP contribution is 2.39. The van der Waals surface area contributed by atoms with Crippen molar-refractivity contribution in [1.29, 1.82) is 0 Å². The number of carbonyl (C=O) groups is 2. The summed E-state index contributed by atoms with van der Waals surface area (Å²) in [5.74, 6) is -3.57. The first-order chi connectivity index (χ1) is 17.9. The fraction of sp³-hybridized carbons (Fsp3) is 0.423. The lowest BCUT2D eigenvalue weighted by atomic mass is 9.76. The molecule has 2 fully saturated rings. The molecule has 5 rings (SSSR count). The summed E-state index contributed by atoms with van der Waals surface area (Å²) in [6.07, 6.45) is 4.87. The molecule has 0 spiro atoms. The van der Waals surface area contributed by atoms with Gasteiger partial charge in [-0.25, -0.2) is 21.2 Å². The smallest absolute Gasteiger partial charge is 0.239 e. The Labute approximate surface area is 221 Å². The predicted octanol–water partition coefficient (Wildman–Crippen LogP) is 3.23. The van der Waals surface area contributed by atoms with Crippen LogP contribution in [0.4, 0.5) is 15.8 Å². The van der Waals surface area contributed by atoms with Crippen LogP contribution < -0.4 is 4.72 Å². The van der Waals surface area contributed by atoms with Crippen LogP contribution in [0, 0.1) is 17.7 Å². The van der Waals surface area contributed by atoms with Gasteiger partial charge < -0.3 is 4.90 Å². The molecule has 202 valence electrons. The van der Waals surface area contributed by atoms with Crippen molar-refractivity contribution < 1.29 is 30.8 Å². The van der Waals surface area contributed by atoms with Crippen LogP contribution in [0.5, 0.6) is 0 Å². The number of benzene rings is 2. The van der Waals surface area contributed by atoms with Crippen LogP contribution in [0.2, 0.25) is 0 Å². The van der Waals surface area contributed by atoms with Crippen molar-refractivity contribution in [2.75, 3.05) is 16.7 Å². The molecule has 1 amide bonds. The second kappa shape index (κ2) is 9.88. The molecule has 1 saturated heterocycles. The molecular weight excluding hydrogens is 533 g/mol. The molecule has 1 aliphatic carbocycles. The second-order valence-electron chi connectivity index (χ2n) is 10.2. The van der Waals surface area contributed by atoms with Crippen molar-refractivity contribution in [2.24, 2.45) is 16.8 Å². The zero-order valence-corrected chi connectivity index (χ0v) is 22.4. The quantitative estimate of drug-likeness (QED) is 0.558. The van der Waals surface area contributed by atoms with Gasteiger partial charge in [0.15, 0.2) is 15.6 Å². The van der Waals surface area contributed by atoms with E-state index in [1.807, 2.05) is 0 Å². The van der Waals surface area contributed by atoms with Crippen molar-refractivity contribution in [1.82, 2.24) is 4.90 Å². The van der Waals surface area contributed by atoms with E-state index in [1.165, 1.54) is 30.3 Å². The zero-order chi connectivity index (χ0) is 27.2. The molecule has 9 nitrogen and oxygen atoms in total. The Morgan fingerprint density at radius 2 is 1.76 bits per heavy atom. The average Bonchev–Trinajstić information content (AvgIpc) is 3.09. The van der Waals surface area contributed by atoms with Gasteiger partial charge in [-0.1, -0.05) is 31.4 Å². The molecule has 0 radical (unpaired) electrons. The first-order valence-corrected chi connectivity index (χ1v) is 16.0. The summed E-state index contributed by atoms with van der Waals surface area (Å²) >= 11 is 0. The SMILES string of the molecule is CS(=O)(=O)Nc1ccc2c(c1)S(=O)(=O)CC(C1C(=O)C3CCCCCC3N(Cc3ccc(F)cc3)C1=O)=N2. The van der Waals surface area contributed by atoms with Gasteiger partial charge in [0.25, 0.3) is 0 Å². The molecule has 0 aromatic heterocycles. The summed E-state index contributed by atoms with van der Waals surface area (Å²) in [6.45, 7) is 0.182. The predicted molar refractivity (Wildman–Crippen MR) is 140 cm³/mol. The number of sulfonamides is 1. The van der Waals surface area contributed by atoms with E-state index in [-0.39, 0.29) is 40.4 Å². The minimum Gasteiger partial charge on any atom is -0.334 e. The Hall–Kier alpha value is -3.12. The lowest BCUT2D eigenvalue weighted by molar-refractivity contribution is -0.151. The van der Waals surface area contributed by atoms with E-state index in [0.29, 0.717) is 18.4 Å². The molecule has 3 atom stereocenters. The fourth-order valence-electron chi connectivity index (χ4n) is 5.69. The summed E-state index contributed by atoms with van der Waals surface area (Å²) in [4.78, 5) is 33.6. The Kier molecular flexibility index (Phi) is 6.89. The minimum atomic E-state index is -4.01. The van der Waals surface area contributed by atoms with Crippen molar-refractivity contribution in [3.8, 4) is 0 Å². The molecule has 1 N–H and O–H groups in total. The van der Waals surface area contributed by atoms with Crippen LogP contribution in [-0.4, -0.2) is 57.2 Å². The van der Waals surface area contributed by atoms with Crippen molar-refractivity contribution >= 4 is 48.6 Å². The Morgan fingerprint density at radius 1 is 1.05 bits per heavy atom. The number of carbonyl (C=O) groups excluding carboxylic acids is 2. The van der Waals surface area contributed by atoms with Crippen molar-refractivity contribution in [3.05, 3.63) is 53.8 Å². The van der Waals surface area contributed by atoms with E-state index in [2.05, 4.69) is 9.71 Å². The number of hydrogen-bond donors (Lipinski definition) is 1. The molecule has 2 heterocycles. The molecule has 3 aliphatic rings. The highest BCUT2D eigenvalue weighted by atomic mass is 32.2. The summed E-state index contributed by atoms with van der Waals surface area (Å²) < 4.78 is 65.5. The Bertz CT molecular complexity index is 1540. The molecule has 12 heteroatoms. The normalized spacial score (nSPS) is 25.2. The van der Waals surface area contributed by atoms with Gasteiger partial charge in [-0.2, -0.15) is 0 Å². The highest BCUT2D eigenvalue weighted by Gasteiger charge is 2.50. The van der Waals surface area contributed by atoms with Crippen molar-refractivity contribution in [3.63, 3.8) is 0 Å². The van der Waals surface area contributed by atoms with E-state index >= 15 is 0 Å². The number of likely N-dealkylation sites (tertiary alicyclic amines) is 1. The molecule has 2 aromatic rings. The van der Waals surface area contributed by atoms with Gasteiger partial charge in [-0.15, -0.1) is 0 Å². The molecule has 2 aromatic carbocycles. The van der Waals surface area contributed by atoms with Crippen molar-refractivity contribution in [2.45, 2.75) is 49.6 Å². The van der Waals surface area contributed by atoms with Crippen LogP contribution in [-0.2, 0) is 36.0 Å². The topological polar surface area (TPSA) is 130 Å².